The summed E-state index contributed by atoms with van der Waals surface area (Å²) < 4.78 is 18.8. The molecule has 0 aliphatic heterocycles. The summed E-state index contributed by atoms with van der Waals surface area (Å²) in [4.78, 5) is 10.5. The van der Waals surface area contributed by atoms with Gasteiger partial charge in [-0.1, -0.05) is 6.07 Å². The Morgan fingerprint density at radius 3 is 2.76 bits per heavy atom. The highest BCUT2D eigenvalue weighted by atomic mass is 19.1. The number of aliphatic hydroxyl groups is 1. The van der Waals surface area contributed by atoms with Gasteiger partial charge in [-0.15, -0.1) is 0 Å². The molecule has 5 heteroatoms. The van der Waals surface area contributed by atoms with E-state index in [1.165, 1.54) is 12.1 Å². The average Bonchev–Trinajstić information content (AvgIpc) is 3.10. The summed E-state index contributed by atoms with van der Waals surface area (Å²) >= 11 is 0. The van der Waals surface area contributed by atoms with E-state index < -0.39 is 17.9 Å². The molecule has 1 saturated carbocycles. The summed E-state index contributed by atoms with van der Waals surface area (Å²) in [5.41, 5.74) is 0.00812. The van der Waals surface area contributed by atoms with Gasteiger partial charge in [-0.05, 0) is 36.5 Å². The van der Waals surface area contributed by atoms with E-state index in [0.29, 0.717) is 12.5 Å². The van der Waals surface area contributed by atoms with Crippen LogP contribution in [0.5, 0.6) is 5.75 Å². The SMILES string of the molecule is O=C(O)C(O)c1ccc(OCC2CC2)c(F)c1. The fraction of sp³-hybridized carbons (Fsp3) is 0.417. The Morgan fingerprint density at radius 2 is 2.24 bits per heavy atom. The maximum atomic E-state index is 13.5. The second kappa shape index (κ2) is 4.71. The lowest BCUT2D eigenvalue weighted by Gasteiger charge is -2.09. The molecule has 1 aromatic carbocycles. The lowest BCUT2D eigenvalue weighted by Crippen LogP contribution is -2.11. The number of halogens is 1. The first-order valence-corrected chi connectivity index (χ1v) is 5.41. The fourth-order valence-electron chi connectivity index (χ4n) is 1.44. The monoisotopic (exact) mass is 240 g/mol. The van der Waals surface area contributed by atoms with Crippen LogP contribution in [-0.2, 0) is 4.79 Å². The largest absolute Gasteiger partial charge is 0.490 e. The minimum absolute atomic E-state index is 0.00812. The minimum atomic E-state index is -1.71. The van der Waals surface area contributed by atoms with Gasteiger partial charge in [0.05, 0.1) is 6.61 Å². The van der Waals surface area contributed by atoms with Crippen LogP contribution in [0.2, 0.25) is 0 Å². The molecule has 0 saturated heterocycles. The first-order chi connectivity index (χ1) is 8.08. The third-order valence-corrected chi connectivity index (χ3v) is 2.68. The zero-order valence-corrected chi connectivity index (χ0v) is 9.10. The van der Waals surface area contributed by atoms with Gasteiger partial charge in [0, 0.05) is 0 Å². The molecule has 2 rings (SSSR count). The van der Waals surface area contributed by atoms with Crippen molar-refractivity contribution in [3.63, 3.8) is 0 Å². The van der Waals surface area contributed by atoms with Crippen molar-refractivity contribution >= 4 is 5.97 Å². The van der Waals surface area contributed by atoms with Gasteiger partial charge in [0.15, 0.2) is 17.7 Å². The van der Waals surface area contributed by atoms with Crippen LogP contribution in [0.1, 0.15) is 24.5 Å². The Labute approximate surface area is 97.6 Å². The Balaban J connectivity index is 2.07. The van der Waals surface area contributed by atoms with E-state index in [1.807, 2.05) is 0 Å². The Kier molecular flexibility index (Phi) is 3.28. The Hall–Kier alpha value is -1.62. The third-order valence-electron chi connectivity index (χ3n) is 2.68. The number of aliphatic hydroxyl groups excluding tert-OH is 1. The molecular weight excluding hydrogens is 227 g/mol. The number of benzene rings is 1. The van der Waals surface area contributed by atoms with Gasteiger partial charge in [-0.3, -0.25) is 0 Å². The summed E-state index contributed by atoms with van der Waals surface area (Å²) in [7, 11) is 0. The van der Waals surface area contributed by atoms with E-state index in [-0.39, 0.29) is 11.3 Å². The summed E-state index contributed by atoms with van der Waals surface area (Å²) in [6.45, 7) is 0.484. The van der Waals surface area contributed by atoms with Crippen LogP contribution in [0.3, 0.4) is 0 Å². The van der Waals surface area contributed by atoms with E-state index in [1.54, 1.807) is 0 Å². The summed E-state index contributed by atoms with van der Waals surface area (Å²) in [6, 6.07) is 3.68. The van der Waals surface area contributed by atoms with Gasteiger partial charge in [0.1, 0.15) is 0 Å². The highest BCUT2D eigenvalue weighted by Gasteiger charge is 2.23. The molecule has 1 aliphatic rings. The molecule has 0 bridgehead atoms. The van der Waals surface area contributed by atoms with Crippen molar-refractivity contribution in [2.75, 3.05) is 6.61 Å². The fourth-order valence-corrected chi connectivity index (χ4v) is 1.44. The number of ether oxygens (including phenoxy) is 1. The lowest BCUT2D eigenvalue weighted by atomic mass is 10.1. The molecule has 1 fully saturated rings. The summed E-state index contributed by atoms with van der Waals surface area (Å²) in [6.07, 6.45) is 0.511. The quantitative estimate of drug-likeness (QED) is 0.822. The molecule has 2 N–H and O–H groups in total. The lowest BCUT2D eigenvalue weighted by molar-refractivity contribution is -0.146. The van der Waals surface area contributed by atoms with E-state index in [0.717, 1.165) is 18.9 Å². The number of aliphatic carboxylic acids is 1. The average molecular weight is 240 g/mol. The molecule has 0 amide bonds. The van der Waals surface area contributed by atoms with Crippen LogP contribution in [0, 0.1) is 11.7 Å². The third kappa shape index (κ3) is 2.94. The van der Waals surface area contributed by atoms with E-state index in [2.05, 4.69) is 0 Å². The molecular formula is C12H13FO4. The number of hydrogen-bond acceptors (Lipinski definition) is 3. The molecule has 92 valence electrons. The van der Waals surface area contributed by atoms with Crippen molar-refractivity contribution in [3.8, 4) is 5.75 Å². The van der Waals surface area contributed by atoms with Gasteiger partial charge < -0.3 is 14.9 Å². The van der Waals surface area contributed by atoms with Crippen molar-refractivity contribution in [3.05, 3.63) is 29.6 Å². The maximum Gasteiger partial charge on any atom is 0.337 e. The molecule has 4 nitrogen and oxygen atoms in total. The molecule has 0 radical (unpaired) electrons. The van der Waals surface area contributed by atoms with Gasteiger partial charge in [0.2, 0.25) is 0 Å². The van der Waals surface area contributed by atoms with Crippen molar-refractivity contribution in [1.82, 2.24) is 0 Å². The molecule has 0 aromatic heterocycles. The van der Waals surface area contributed by atoms with Crippen molar-refractivity contribution in [1.29, 1.82) is 0 Å². The summed E-state index contributed by atoms with van der Waals surface area (Å²) in [5.74, 6) is -1.45. The molecule has 0 heterocycles. The predicted molar refractivity (Wildman–Crippen MR) is 57.2 cm³/mol. The van der Waals surface area contributed by atoms with Crippen molar-refractivity contribution < 1.29 is 24.1 Å². The maximum absolute atomic E-state index is 13.5. The number of carboxylic acid groups (broad SMARTS) is 1. The minimum Gasteiger partial charge on any atom is -0.490 e. The van der Waals surface area contributed by atoms with E-state index in [9.17, 15) is 14.3 Å². The first kappa shape index (κ1) is 11.9. The van der Waals surface area contributed by atoms with Crippen LogP contribution in [0.25, 0.3) is 0 Å². The second-order valence-corrected chi connectivity index (χ2v) is 4.19. The smallest absolute Gasteiger partial charge is 0.337 e. The molecule has 1 aromatic rings. The van der Waals surface area contributed by atoms with Crippen molar-refractivity contribution in [2.24, 2.45) is 5.92 Å². The predicted octanol–water partition coefficient (Wildman–Crippen LogP) is 1.73. The molecule has 1 atom stereocenters. The topological polar surface area (TPSA) is 66.8 Å². The zero-order chi connectivity index (χ0) is 12.4. The first-order valence-electron chi connectivity index (χ1n) is 5.41. The van der Waals surface area contributed by atoms with Crippen LogP contribution in [0.15, 0.2) is 18.2 Å². The van der Waals surface area contributed by atoms with Gasteiger partial charge in [-0.2, -0.15) is 0 Å². The van der Waals surface area contributed by atoms with Crippen LogP contribution in [0.4, 0.5) is 4.39 Å². The van der Waals surface area contributed by atoms with Crippen molar-refractivity contribution in [2.45, 2.75) is 18.9 Å². The normalized spacial score (nSPS) is 16.6. The zero-order valence-electron chi connectivity index (χ0n) is 9.10. The highest BCUT2D eigenvalue weighted by Crippen LogP contribution is 2.30. The van der Waals surface area contributed by atoms with Crippen LogP contribution >= 0.6 is 0 Å². The van der Waals surface area contributed by atoms with Gasteiger partial charge >= 0.3 is 5.97 Å². The number of carbonyl (C=O) groups is 1. The van der Waals surface area contributed by atoms with E-state index in [4.69, 9.17) is 9.84 Å². The second-order valence-electron chi connectivity index (χ2n) is 4.19. The number of rotatable bonds is 5. The molecule has 17 heavy (non-hydrogen) atoms. The summed E-state index contributed by atoms with van der Waals surface area (Å²) in [5, 5.41) is 17.8. The molecule has 1 unspecified atom stereocenters. The van der Waals surface area contributed by atoms with Gasteiger partial charge in [-0.25, -0.2) is 9.18 Å². The highest BCUT2D eigenvalue weighted by molar-refractivity contribution is 5.74. The number of carboxylic acids is 1. The molecule has 1 aliphatic carbocycles. The Morgan fingerprint density at radius 1 is 1.53 bits per heavy atom. The Bertz CT molecular complexity index is 429. The van der Waals surface area contributed by atoms with Crippen LogP contribution in [-0.4, -0.2) is 22.8 Å². The molecule has 0 spiro atoms. The van der Waals surface area contributed by atoms with Gasteiger partial charge in [0.25, 0.3) is 0 Å². The van der Waals surface area contributed by atoms with Crippen LogP contribution < -0.4 is 4.74 Å². The number of hydrogen-bond donors (Lipinski definition) is 2. The van der Waals surface area contributed by atoms with E-state index >= 15 is 0 Å². The standard InChI is InChI=1S/C12H13FO4/c13-9-5-8(11(14)12(15)16)3-4-10(9)17-6-7-1-2-7/h3-5,7,11,14H,1-2,6H2,(H,15,16).